The lowest BCUT2D eigenvalue weighted by molar-refractivity contribution is 1.08. The molecule has 0 atom stereocenters. The van der Waals surface area contributed by atoms with Crippen molar-refractivity contribution in [2.24, 2.45) is 0 Å². The minimum atomic E-state index is 0.871. The van der Waals surface area contributed by atoms with E-state index in [0.29, 0.717) is 0 Å². The van der Waals surface area contributed by atoms with Crippen LogP contribution in [0.5, 0.6) is 0 Å². The molecule has 5 heterocycles. The predicted octanol–water partition coefficient (Wildman–Crippen LogP) is 8.67. The van der Waals surface area contributed by atoms with E-state index in [1.165, 1.54) is 20.2 Å². The molecule has 0 N–H and O–H groups in total. The maximum atomic E-state index is 5.02. The minimum absolute atomic E-state index is 0.871. The monoisotopic (exact) mass is 504 g/mol. The van der Waals surface area contributed by atoms with Crippen molar-refractivity contribution in [1.29, 1.82) is 0 Å². The lowest BCUT2D eigenvalue weighted by atomic mass is 10.1. The first-order chi connectivity index (χ1) is 18.8. The highest BCUT2D eigenvalue weighted by Crippen LogP contribution is 2.40. The summed E-state index contributed by atoms with van der Waals surface area (Å²) in [6, 6.07) is 34.1. The van der Waals surface area contributed by atoms with E-state index in [-0.39, 0.29) is 0 Å². The van der Waals surface area contributed by atoms with Crippen LogP contribution in [0.4, 0.5) is 0 Å². The first-order valence-corrected chi connectivity index (χ1v) is 13.3. The fourth-order valence-electron chi connectivity index (χ4n) is 5.36. The van der Waals surface area contributed by atoms with E-state index in [2.05, 4.69) is 88.4 Å². The summed E-state index contributed by atoms with van der Waals surface area (Å²) in [6.45, 7) is 0. The topological polar surface area (TPSA) is 43.6 Å². The normalized spacial score (nSPS) is 11.7. The average Bonchev–Trinajstić information content (AvgIpc) is 3.51. The summed E-state index contributed by atoms with van der Waals surface area (Å²) in [6.07, 6.45) is 7.54. The molecule has 0 spiro atoms. The van der Waals surface area contributed by atoms with E-state index in [1.807, 2.05) is 54.3 Å². The van der Waals surface area contributed by atoms with Crippen LogP contribution < -0.4 is 0 Å². The SMILES string of the molecule is c1ccc(-c2cnc3c4cc5c(cc4n(-c4ccc(-c6ccncc6)cn4)c3c2)sc2ccccc25)cc1. The summed E-state index contributed by atoms with van der Waals surface area (Å²) in [5.74, 6) is 0.871. The molecule has 0 fully saturated rings. The lowest BCUT2D eigenvalue weighted by Gasteiger charge is -2.09. The Hall–Kier alpha value is -4.87. The van der Waals surface area contributed by atoms with E-state index in [0.717, 1.165) is 50.0 Å². The van der Waals surface area contributed by atoms with E-state index < -0.39 is 0 Å². The molecule has 0 bridgehead atoms. The maximum absolute atomic E-state index is 5.02. The number of hydrogen-bond donors (Lipinski definition) is 0. The second-order valence-corrected chi connectivity index (χ2v) is 10.5. The third-order valence-corrected chi connectivity index (χ3v) is 8.33. The van der Waals surface area contributed by atoms with Gasteiger partial charge >= 0.3 is 0 Å². The molecule has 0 aliphatic rings. The molecule has 0 amide bonds. The van der Waals surface area contributed by atoms with Crippen LogP contribution in [0, 0.1) is 0 Å². The van der Waals surface area contributed by atoms with Gasteiger partial charge < -0.3 is 0 Å². The third-order valence-electron chi connectivity index (χ3n) is 7.20. The Bertz CT molecular complexity index is 2110. The number of nitrogens with zero attached hydrogens (tertiary/aromatic N) is 4. The molecule has 3 aromatic carbocycles. The van der Waals surface area contributed by atoms with Gasteiger partial charge in [-0.25, -0.2) is 4.98 Å². The summed E-state index contributed by atoms with van der Waals surface area (Å²) < 4.78 is 4.81. The number of pyridine rings is 3. The molecule has 0 saturated heterocycles. The minimum Gasteiger partial charge on any atom is -0.292 e. The third kappa shape index (κ3) is 3.26. The van der Waals surface area contributed by atoms with Gasteiger partial charge in [-0.15, -0.1) is 11.3 Å². The molecule has 0 aliphatic heterocycles. The van der Waals surface area contributed by atoms with Crippen LogP contribution in [0.2, 0.25) is 0 Å². The van der Waals surface area contributed by atoms with Gasteiger partial charge in [0.15, 0.2) is 0 Å². The van der Waals surface area contributed by atoms with Gasteiger partial charge in [0, 0.05) is 61.5 Å². The number of benzene rings is 3. The van der Waals surface area contributed by atoms with Crippen molar-refractivity contribution in [2.45, 2.75) is 0 Å². The van der Waals surface area contributed by atoms with Crippen LogP contribution in [0.25, 0.3) is 70.2 Å². The number of thiophene rings is 1. The summed E-state index contributed by atoms with van der Waals surface area (Å²) in [7, 11) is 0. The molecule has 0 radical (unpaired) electrons. The number of fused-ring (bicyclic) bond motifs is 6. The molecular weight excluding hydrogens is 484 g/mol. The largest absolute Gasteiger partial charge is 0.292 e. The van der Waals surface area contributed by atoms with Gasteiger partial charge in [-0.05, 0) is 59.7 Å². The van der Waals surface area contributed by atoms with Crippen molar-refractivity contribution < 1.29 is 0 Å². The number of aromatic nitrogens is 4. The molecule has 178 valence electrons. The Labute approximate surface area is 222 Å². The second-order valence-electron chi connectivity index (χ2n) is 9.40. The van der Waals surface area contributed by atoms with E-state index in [4.69, 9.17) is 9.97 Å². The average molecular weight is 505 g/mol. The van der Waals surface area contributed by atoms with Crippen molar-refractivity contribution in [3.63, 3.8) is 0 Å². The van der Waals surface area contributed by atoms with Gasteiger partial charge in [-0.3, -0.25) is 14.5 Å². The van der Waals surface area contributed by atoms with Crippen LogP contribution in [-0.4, -0.2) is 19.5 Å². The summed E-state index contributed by atoms with van der Waals surface area (Å²) in [4.78, 5) is 14.1. The zero-order valence-corrected chi connectivity index (χ0v) is 21.1. The Kier molecular flexibility index (Phi) is 4.66. The smallest absolute Gasteiger partial charge is 0.137 e. The summed E-state index contributed by atoms with van der Waals surface area (Å²) in [5, 5.41) is 3.69. The Morgan fingerprint density at radius 1 is 0.526 bits per heavy atom. The molecule has 0 aliphatic carbocycles. The van der Waals surface area contributed by atoms with Gasteiger partial charge in [0.05, 0.1) is 16.6 Å². The van der Waals surface area contributed by atoms with Gasteiger partial charge in [0.25, 0.3) is 0 Å². The molecular formula is C33H20N4S. The quantitative estimate of drug-likeness (QED) is 0.242. The first-order valence-electron chi connectivity index (χ1n) is 12.5. The fourth-order valence-corrected chi connectivity index (χ4v) is 6.49. The Morgan fingerprint density at radius 2 is 1.32 bits per heavy atom. The molecule has 38 heavy (non-hydrogen) atoms. The molecule has 0 unspecified atom stereocenters. The molecule has 5 aromatic heterocycles. The van der Waals surface area contributed by atoms with E-state index >= 15 is 0 Å². The maximum Gasteiger partial charge on any atom is 0.137 e. The Balaban J connectivity index is 1.42. The van der Waals surface area contributed by atoms with Crippen LogP contribution >= 0.6 is 11.3 Å². The van der Waals surface area contributed by atoms with Crippen molar-refractivity contribution in [2.75, 3.05) is 0 Å². The number of rotatable bonds is 3. The molecule has 4 nitrogen and oxygen atoms in total. The second kappa shape index (κ2) is 8.33. The van der Waals surface area contributed by atoms with E-state index in [9.17, 15) is 0 Å². The highest BCUT2D eigenvalue weighted by atomic mass is 32.1. The van der Waals surface area contributed by atoms with Crippen molar-refractivity contribution >= 4 is 53.4 Å². The predicted molar refractivity (Wildman–Crippen MR) is 158 cm³/mol. The summed E-state index contributed by atoms with van der Waals surface area (Å²) in [5.41, 5.74) is 7.54. The molecule has 5 heteroatoms. The first kappa shape index (κ1) is 21.2. The van der Waals surface area contributed by atoms with Gasteiger partial charge in [0.2, 0.25) is 0 Å². The summed E-state index contributed by atoms with van der Waals surface area (Å²) >= 11 is 1.83. The van der Waals surface area contributed by atoms with E-state index in [1.54, 1.807) is 0 Å². The zero-order chi connectivity index (χ0) is 25.1. The van der Waals surface area contributed by atoms with Crippen molar-refractivity contribution in [3.8, 4) is 28.1 Å². The van der Waals surface area contributed by atoms with Crippen LogP contribution in [0.3, 0.4) is 0 Å². The zero-order valence-electron chi connectivity index (χ0n) is 20.2. The van der Waals surface area contributed by atoms with Crippen molar-refractivity contribution in [1.82, 2.24) is 19.5 Å². The van der Waals surface area contributed by atoms with Gasteiger partial charge in [-0.2, -0.15) is 0 Å². The van der Waals surface area contributed by atoms with Crippen LogP contribution in [0.1, 0.15) is 0 Å². The number of hydrogen-bond acceptors (Lipinski definition) is 4. The molecule has 8 aromatic rings. The van der Waals surface area contributed by atoms with Crippen molar-refractivity contribution in [3.05, 3.63) is 122 Å². The van der Waals surface area contributed by atoms with Gasteiger partial charge in [0.1, 0.15) is 5.82 Å². The molecule has 0 saturated carbocycles. The molecule has 8 rings (SSSR count). The Morgan fingerprint density at radius 3 is 2.16 bits per heavy atom. The fraction of sp³-hybridized carbons (Fsp3) is 0. The highest BCUT2D eigenvalue weighted by Gasteiger charge is 2.18. The lowest BCUT2D eigenvalue weighted by Crippen LogP contribution is -1.97. The highest BCUT2D eigenvalue weighted by molar-refractivity contribution is 7.25. The van der Waals surface area contributed by atoms with Gasteiger partial charge in [-0.1, -0.05) is 48.5 Å². The standard InChI is InChI=1S/C33H20N4S/c1-2-6-21(7-3-1)24-16-29-33(36-20-24)27-17-26-25-8-4-5-9-30(25)38-31(26)18-28(27)37(29)32-11-10-23(19-35-32)22-12-14-34-15-13-22/h1-20H. The van der Waals surface area contributed by atoms with Crippen LogP contribution in [-0.2, 0) is 0 Å². The van der Waals surface area contributed by atoms with Crippen LogP contribution in [0.15, 0.2) is 122 Å².